The van der Waals surface area contributed by atoms with Crippen LogP contribution in [-0.2, 0) is 21.0 Å². The molecule has 6 nitrogen and oxygen atoms in total. The molecule has 0 aliphatic carbocycles. The van der Waals surface area contributed by atoms with Gasteiger partial charge in [-0.05, 0) is 30.2 Å². The maximum Gasteiger partial charge on any atom is 0.416 e. The Morgan fingerprint density at radius 3 is 2.05 bits per heavy atom. The van der Waals surface area contributed by atoms with Crippen LogP contribution < -0.4 is 13.8 Å². The maximum atomic E-state index is 14.0. The average Bonchev–Trinajstić information content (AvgIpc) is 2.96. The predicted molar refractivity (Wildman–Crippen MR) is 127 cm³/mol. The zero-order chi connectivity index (χ0) is 29.7. The summed E-state index contributed by atoms with van der Waals surface area (Å²) in [6.45, 7) is 1.34. The van der Waals surface area contributed by atoms with Crippen LogP contribution in [0.2, 0.25) is 0 Å². The Labute approximate surface area is 228 Å². The zero-order valence-corrected chi connectivity index (χ0v) is 21.5. The Balaban J connectivity index is 1.52. The summed E-state index contributed by atoms with van der Waals surface area (Å²) in [6, 6.07) is 6.55. The molecule has 220 valence electrons. The monoisotopic (exact) mass is 609 g/mol. The lowest BCUT2D eigenvalue weighted by molar-refractivity contribution is -0.137. The van der Waals surface area contributed by atoms with Gasteiger partial charge < -0.3 is 18.6 Å². The summed E-state index contributed by atoms with van der Waals surface area (Å²) in [7, 11) is -5.13. The van der Waals surface area contributed by atoms with Crippen molar-refractivity contribution in [1.29, 1.82) is 0 Å². The highest BCUT2D eigenvalue weighted by Gasteiger charge is 2.35. The Hall–Kier alpha value is -3.59. The lowest BCUT2D eigenvalue weighted by Gasteiger charge is -2.34. The van der Waals surface area contributed by atoms with Crippen molar-refractivity contribution in [3.05, 3.63) is 82.2 Å². The quantitative estimate of drug-likeness (QED) is 0.155. The Bertz CT molecular complexity index is 1580. The number of rotatable bonds is 5. The number of benzene rings is 3. The van der Waals surface area contributed by atoms with Crippen LogP contribution in [0.15, 0.2) is 41.3 Å². The van der Waals surface area contributed by atoms with Crippen molar-refractivity contribution in [3.63, 3.8) is 0 Å². The minimum Gasteiger partial charge on any atom is -0.493 e. The van der Waals surface area contributed by atoms with Crippen LogP contribution in [0.5, 0.6) is 11.5 Å². The van der Waals surface area contributed by atoms with Crippen LogP contribution in [0, 0.1) is 29.1 Å². The van der Waals surface area contributed by atoms with Gasteiger partial charge in [0, 0.05) is 36.3 Å². The number of anilines is 1. The first-order chi connectivity index (χ1) is 19.3. The highest BCUT2D eigenvalue weighted by Crippen LogP contribution is 2.44. The van der Waals surface area contributed by atoms with Crippen LogP contribution in [0.1, 0.15) is 29.0 Å². The minimum atomic E-state index is -5.13. The first-order valence-electron chi connectivity index (χ1n) is 12.1. The van der Waals surface area contributed by atoms with E-state index in [0.717, 1.165) is 24.3 Å². The van der Waals surface area contributed by atoms with Gasteiger partial charge in [-0.25, -0.2) is 13.2 Å². The van der Waals surface area contributed by atoms with Crippen molar-refractivity contribution >= 4 is 15.8 Å². The van der Waals surface area contributed by atoms with E-state index in [1.165, 1.54) is 12.1 Å². The van der Waals surface area contributed by atoms with Crippen molar-refractivity contribution in [2.45, 2.75) is 23.4 Å². The van der Waals surface area contributed by atoms with Gasteiger partial charge in [0.15, 0.2) is 0 Å². The zero-order valence-electron chi connectivity index (χ0n) is 20.7. The van der Waals surface area contributed by atoms with Gasteiger partial charge >= 0.3 is 16.3 Å². The molecule has 2 aliphatic rings. The fourth-order valence-corrected chi connectivity index (χ4v) is 5.70. The van der Waals surface area contributed by atoms with E-state index >= 15 is 0 Å². The number of halogens is 8. The Morgan fingerprint density at radius 2 is 1.41 bits per heavy atom. The van der Waals surface area contributed by atoms with Crippen LogP contribution >= 0.6 is 0 Å². The topological polar surface area (TPSA) is 65.1 Å². The second kappa shape index (κ2) is 10.7. The molecule has 41 heavy (non-hydrogen) atoms. The SMILES string of the molecule is O=S(=O)(Oc1c(F)c(F)c(F)c(F)c1F)c1ccc2c(c1)OCC[C@@H]2c1ccc(C(F)(F)F)cc1N1CCOCC1. The molecule has 1 fully saturated rings. The Morgan fingerprint density at radius 1 is 0.805 bits per heavy atom. The first-order valence-corrected chi connectivity index (χ1v) is 13.5. The lowest BCUT2D eigenvalue weighted by atomic mass is 9.85. The molecular weight excluding hydrogens is 590 g/mol. The minimum absolute atomic E-state index is 0.0174. The summed E-state index contributed by atoms with van der Waals surface area (Å²) in [5.41, 5.74) is 0.410. The molecule has 2 heterocycles. The van der Waals surface area contributed by atoms with Gasteiger partial charge in [-0.3, -0.25) is 0 Å². The van der Waals surface area contributed by atoms with E-state index in [4.69, 9.17) is 9.47 Å². The first kappa shape index (κ1) is 28.9. The molecule has 3 aromatic rings. The molecule has 1 saturated heterocycles. The third-order valence-corrected chi connectivity index (χ3v) is 7.98. The van der Waals surface area contributed by atoms with E-state index in [1.807, 2.05) is 0 Å². The van der Waals surface area contributed by atoms with E-state index in [1.54, 1.807) is 4.90 Å². The molecule has 0 amide bonds. The van der Waals surface area contributed by atoms with Gasteiger partial charge in [-0.2, -0.15) is 30.4 Å². The van der Waals surface area contributed by atoms with E-state index in [-0.39, 0.29) is 12.4 Å². The third-order valence-electron chi connectivity index (χ3n) is 6.76. The molecule has 0 radical (unpaired) electrons. The van der Waals surface area contributed by atoms with Crippen molar-refractivity contribution in [2.75, 3.05) is 37.8 Å². The maximum absolute atomic E-state index is 14.0. The molecule has 0 saturated carbocycles. The molecule has 2 aliphatic heterocycles. The Kier molecular flexibility index (Phi) is 7.53. The van der Waals surface area contributed by atoms with Crippen molar-refractivity contribution < 1.29 is 57.2 Å². The summed E-state index contributed by atoms with van der Waals surface area (Å²) >= 11 is 0. The highest BCUT2D eigenvalue weighted by molar-refractivity contribution is 7.87. The van der Waals surface area contributed by atoms with Crippen LogP contribution in [0.3, 0.4) is 0 Å². The molecule has 0 unspecified atom stereocenters. The molecule has 3 aromatic carbocycles. The van der Waals surface area contributed by atoms with Crippen LogP contribution in [0.4, 0.5) is 40.8 Å². The van der Waals surface area contributed by atoms with Gasteiger partial charge in [0.1, 0.15) is 10.6 Å². The second-order valence-corrected chi connectivity index (χ2v) is 10.7. The van der Waals surface area contributed by atoms with Crippen LogP contribution in [0.25, 0.3) is 0 Å². The van der Waals surface area contributed by atoms with Gasteiger partial charge in [-0.1, -0.05) is 12.1 Å². The van der Waals surface area contributed by atoms with Gasteiger partial charge in [0.25, 0.3) is 0 Å². The largest absolute Gasteiger partial charge is 0.493 e. The number of alkyl halides is 3. The summed E-state index contributed by atoms with van der Waals surface area (Å²) in [5.74, 6) is -14.8. The molecule has 5 rings (SSSR count). The van der Waals surface area contributed by atoms with Crippen molar-refractivity contribution in [2.24, 2.45) is 0 Å². The number of morpholine rings is 1. The van der Waals surface area contributed by atoms with E-state index < -0.39 is 67.5 Å². The summed E-state index contributed by atoms with van der Waals surface area (Å²) < 4.78 is 150. The molecule has 15 heteroatoms. The van der Waals surface area contributed by atoms with E-state index in [9.17, 15) is 43.5 Å². The predicted octanol–water partition coefficient (Wildman–Crippen LogP) is 5.92. The third kappa shape index (κ3) is 5.39. The fraction of sp³-hybridized carbons (Fsp3) is 0.308. The average molecular weight is 609 g/mol. The number of nitrogens with zero attached hydrogens (tertiary/aromatic N) is 1. The van der Waals surface area contributed by atoms with E-state index in [2.05, 4.69) is 4.18 Å². The number of fused-ring (bicyclic) bond motifs is 1. The fourth-order valence-electron chi connectivity index (χ4n) is 4.76. The van der Waals surface area contributed by atoms with Crippen molar-refractivity contribution in [3.8, 4) is 11.5 Å². The summed E-state index contributed by atoms with van der Waals surface area (Å²) in [6.07, 6.45) is -4.27. The summed E-state index contributed by atoms with van der Waals surface area (Å²) in [5, 5.41) is 0. The van der Waals surface area contributed by atoms with Crippen molar-refractivity contribution in [1.82, 2.24) is 0 Å². The number of ether oxygens (including phenoxy) is 2. The van der Waals surface area contributed by atoms with Crippen LogP contribution in [-0.4, -0.2) is 41.3 Å². The van der Waals surface area contributed by atoms with Gasteiger partial charge in [0.2, 0.25) is 34.8 Å². The molecule has 0 aromatic heterocycles. The molecule has 1 atom stereocenters. The van der Waals surface area contributed by atoms with Gasteiger partial charge in [0.05, 0.1) is 25.4 Å². The van der Waals surface area contributed by atoms with E-state index in [0.29, 0.717) is 49.5 Å². The standard InChI is InChI=1S/C26H19F8NO5S/c27-20-21(28)23(30)25(24(31)22(20)29)40-41(36,37)14-2-4-17-15(5-8-39-19(17)12-14)16-3-1-13(26(32,33)34)11-18(16)35-6-9-38-10-7-35/h1-4,11-12,15H,5-10H2/t15-/m1/s1. The molecule has 0 spiro atoms. The molecule has 0 bridgehead atoms. The highest BCUT2D eigenvalue weighted by atomic mass is 32.2. The molecular formula is C26H19F8NO5S. The number of hydrogen-bond acceptors (Lipinski definition) is 6. The molecule has 0 N–H and O–H groups in total. The normalized spacial score (nSPS) is 17.7. The lowest BCUT2D eigenvalue weighted by Crippen LogP contribution is -2.37. The smallest absolute Gasteiger partial charge is 0.416 e. The van der Waals surface area contributed by atoms with Gasteiger partial charge in [-0.15, -0.1) is 0 Å². The number of hydrogen-bond donors (Lipinski definition) is 0. The second-order valence-electron chi connectivity index (χ2n) is 9.20. The summed E-state index contributed by atoms with van der Waals surface area (Å²) in [4.78, 5) is 1.04.